The van der Waals surface area contributed by atoms with Crippen LogP contribution in [0.4, 0.5) is 0 Å². The monoisotopic (exact) mass is 371 g/mol. The van der Waals surface area contributed by atoms with Crippen LogP contribution in [0.15, 0.2) is 6.20 Å². The van der Waals surface area contributed by atoms with Crippen molar-refractivity contribution in [3.05, 3.63) is 11.8 Å². The summed E-state index contributed by atoms with van der Waals surface area (Å²) >= 11 is 0. The fourth-order valence-corrected chi connectivity index (χ4v) is 6.69. The van der Waals surface area contributed by atoms with Gasteiger partial charge in [-0.1, -0.05) is 19.3 Å². The zero-order valence-corrected chi connectivity index (χ0v) is 16.5. The second kappa shape index (κ2) is 7.14. The van der Waals surface area contributed by atoms with Gasteiger partial charge in [-0.3, -0.25) is 4.79 Å². The van der Waals surface area contributed by atoms with Crippen molar-refractivity contribution in [3.8, 4) is 5.88 Å². The summed E-state index contributed by atoms with van der Waals surface area (Å²) in [5, 5.41) is 7.71. The third-order valence-electron chi connectivity index (χ3n) is 7.83. The summed E-state index contributed by atoms with van der Waals surface area (Å²) in [6, 6.07) is 0.358. The zero-order valence-electron chi connectivity index (χ0n) is 16.5. The van der Waals surface area contributed by atoms with Crippen molar-refractivity contribution in [2.45, 2.75) is 70.3 Å². The lowest BCUT2D eigenvalue weighted by Crippen LogP contribution is -2.55. The molecular weight excluding hydrogens is 338 g/mol. The van der Waals surface area contributed by atoms with E-state index in [1.807, 2.05) is 7.05 Å². The minimum absolute atomic E-state index is 0.0132. The molecule has 0 spiro atoms. The minimum atomic E-state index is 0.0132. The van der Waals surface area contributed by atoms with Crippen molar-refractivity contribution in [2.24, 2.45) is 36.6 Å². The summed E-state index contributed by atoms with van der Waals surface area (Å²) in [4.78, 5) is 13.1. The fourth-order valence-electron chi connectivity index (χ4n) is 6.69. The van der Waals surface area contributed by atoms with Crippen LogP contribution in [0.1, 0.15) is 74.6 Å². The molecule has 1 aromatic heterocycles. The highest BCUT2D eigenvalue weighted by molar-refractivity contribution is 5.96. The molecule has 27 heavy (non-hydrogen) atoms. The second-order valence-electron chi connectivity index (χ2n) is 9.73. The molecule has 0 aliphatic heterocycles. The SMILES string of the molecule is Cn1ncc(C(=O)NC2C3CC4CC(C3)CC2C4)c1OCC1CCCCC1. The van der Waals surface area contributed by atoms with Crippen molar-refractivity contribution in [1.29, 1.82) is 0 Å². The number of carbonyl (C=O) groups is 1. The van der Waals surface area contributed by atoms with Crippen molar-refractivity contribution in [1.82, 2.24) is 15.1 Å². The van der Waals surface area contributed by atoms with Crippen molar-refractivity contribution < 1.29 is 9.53 Å². The molecule has 5 aliphatic rings. The van der Waals surface area contributed by atoms with Gasteiger partial charge < -0.3 is 10.1 Å². The third kappa shape index (κ3) is 3.38. The Bertz CT molecular complexity index is 664. The highest BCUT2D eigenvalue weighted by Crippen LogP contribution is 2.53. The molecule has 148 valence electrons. The predicted octanol–water partition coefficient (Wildman–Crippen LogP) is 3.93. The molecule has 1 aromatic rings. The van der Waals surface area contributed by atoms with Gasteiger partial charge in [0.05, 0.1) is 12.8 Å². The first-order valence-corrected chi connectivity index (χ1v) is 11.1. The molecule has 1 amide bonds. The Balaban J connectivity index is 1.25. The second-order valence-corrected chi connectivity index (χ2v) is 9.73. The number of nitrogens with zero attached hydrogens (tertiary/aromatic N) is 2. The Morgan fingerprint density at radius 2 is 1.78 bits per heavy atom. The average Bonchev–Trinajstić information content (AvgIpc) is 3.04. The van der Waals surface area contributed by atoms with Gasteiger partial charge in [-0.2, -0.15) is 5.10 Å². The van der Waals surface area contributed by atoms with E-state index < -0.39 is 0 Å². The van der Waals surface area contributed by atoms with Crippen LogP contribution in [0.25, 0.3) is 0 Å². The number of amides is 1. The van der Waals surface area contributed by atoms with E-state index in [-0.39, 0.29) is 5.91 Å². The van der Waals surface area contributed by atoms with Crippen LogP contribution < -0.4 is 10.1 Å². The van der Waals surface area contributed by atoms with Crippen LogP contribution in [0.3, 0.4) is 0 Å². The van der Waals surface area contributed by atoms with E-state index in [0.717, 1.165) is 11.8 Å². The molecule has 5 saturated carbocycles. The molecule has 5 aliphatic carbocycles. The van der Waals surface area contributed by atoms with Crippen LogP contribution in [-0.4, -0.2) is 28.3 Å². The van der Waals surface area contributed by atoms with E-state index in [0.29, 0.717) is 41.8 Å². The van der Waals surface area contributed by atoms with Gasteiger partial charge in [0.15, 0.2) is 0 Å². The van der Waals surface area contributed by atoms with Gasteiger partial charge in [0.1, 0.15) is 5.56 Å². The lowest BCUT2D eigenvalue weighted by atomic mass is 9.54. The molecule has 0 radical (unpaired) electrons. The zero-order chi connectivity index (χ0) is 18.4. The van der Waals surface area contributed by atoms with Crippen molar-refractivity contribution in [3.63, 3.8) is 0 Å². The summed E-state index contributed by atoms with van der Waals surface area (Å²) in [6.45, 7) is 0.706. The summed E-state index contributed by atoms with van der Waals surface area (Å²) < 4.78 is 7.83. The molecule has 6 rings (SSSR count). The quantitative estimate of drug-likeness (QED) is 0.853. The van der Waals surface area contributed by atoms with Crippen LogP contribution in [0, 0.1) is 29.6 Å². The van der Waals surface area contributed by atoms with Crippen molar-refractivity contribution in [2.75, 3.05) is 6.61 Å². The minimum Gasteiger partial charge on any atom is -0.477 e. The Kier molecular flexibility index (Phi) is 4.65. The summed E-state index contributed by atoms with van der Waals surface area (Å²) in [5.41, 5.74) is 0.613. The third-order valence-corrected chi connectivity index (χ3v) is 7.83. The standard InChI is InChI=1S/C22H33N3O2/c1-25-22(27-13-14-5-3-2-4-6-14)19(12-23-25)21(26)24-20-17-8-15-7-16(10-17)11-18(20)9-15/h12,14-18,20H,2-11,13H2,1H3,(H,24,26). The van der Waals surface area contributed by atoms with Crippen LogP contribution in [-0.2, 0) is 7.05 Å². The molecule has 4 bridgehead atoms. The van der Waals surface area contributed by atoms with Gasteiger partial charge in [0.2, 0.25) is 5.88 Å². The summed E-state index contributed by atoms with van der Waals surface area (Å²) in [6.07, 6.45) is 14.8. The number of hydrogen-bond donors (Lipinski definition) is 1. The Labute approximate surface area is 162 Å². The normalized spacial score (nSPS) is 35.4. The molecule has 5 heteroatoms. The molecule has 0 unspecified atom stereocenters. The smallest absolute Gasteiger partial charge is 0.258 e. The average molecular weight is 372 g/mol. The van der Waals surface area contributed by atoms with Gasteiger partial charge >= 0.3 is 0 Å². The number of aromatic nitrogens is 2. The van der Waals surface area contributed by atoms with E-state index in [1.54, 1.807) is 10.9 Å². The first kappa shape index (κ1) is 17.6. The fraction of sp³-hybridized carbons (Fsp3) is 0.818. The molecule has 5 nitrogen and oxygen atoms in total. The number of hydrogen-bond acceptors (Lipinski definition) is 3. The number of rotatable bonds is 5. The van der Waals surface area contributed by atoms with Gasteiger partial charge in [0.25, 0.3) is 5.91 Å². The van der Waals surface area contributed by atoms with E-state index >= 15 is 0 Å². The van der Waals surface area contributed by atoms with E-state index in [4.69, 9.17) is 4.74 Å². The van der Waals surface area contributed by atoms with Gasteiger partial charge in [-0.25, -0.2) is 4.68 Å². The maximum atomic E-state index is 13.1. The van der Waals surface area contributed by atoms with E-state index in [2.05, 4.69) is 10.4 Å². The maximum Gasteiger partial charge on any atom is 0.258 e. The largest absolute Gasteiger partial charge is 0.477 e. The van der Waals surface area contributed by atoms with Crippen molar-refractivity contribution >= 4 is 5.91 Å². The molecule has 0 aromatic carbocycles. The molecule has 5 fully saturated rings. The highest BCUT2D eigenvalue weighted by atomic mass is 16.5. The Morgan fingerprint density at radius 1 is 1.11 bits per heavy atom. The predicted molar refractivity (Wildman–Crippen MR) is 104 cm³/mol. The topological polar surface area (TPSA) is 56.2 Å². The number of ether oxygens (including phenoxy) is 1. The molecule has 0 saturated heterocycles. The number of nitrogens with one attached hydrogen (secondary N) is 1. The lowest BCUT2D eigenvalue weighted by molar-refractivity contribution is -0.0120. The Morgan fingerprint density at radius 3 is 2.44 bits per heavy atom. The van der Waals surface area contributed by atoms with Gasteiger partial charge in [-0.15, -0.1) is 0 Å². The van der Waals surface area contributed by atoms with E-state index in [1.165, 1.54) is 64.2 Å². The Hall–Kier alpha value is -1.52. The van der Waals surface area contributed by atoms with Gasteiger partial charge in [0, 0.05) is 13.1 Å². The van der Waals surface area contributed by atoms with Crippen LogP contribution in [0.5, 0.6) is 5.88 Å². The molecule has 0 atom stereocenters. The summed E-state index contributed by atoms with van der Waals surface area (Å²) in [5.74, 6) is 4.50. The van der Waals surface area contributed by atoms with E-state index in [9.17, 15) is 4.79 Å². The number of carbonyl (C=O) groups excluding carboxylic acids is 1. The maximum absolute atomic E-state index is 13.1. The molecule has 1 heterocycles. The summed E-state index contributed by atoms with van der Waals surface area (Å²) in [7, 11) is 1.87. The molecule has 1 N–H and O–H groups in total. The first-order valence-electron chi connectivity index (χ1n) is 11.1. The van der Waals surface area contributed by atoms with Crippen LogP contribution >= 0.6 is 0 Å². The molecular formula is C22H33N3O2. The van der Waals surface area contributed by atoms with Gasteiger partial charge in [-0.05, 0) is 74.5 Å². The number of aryl methyl sites for hydroxylation is 1. The lowest BCUT2D eigenvalue weighted by Gasteiger charge is -2.54. The first-order chi connectivity index (χ1) is 13.2. The highest BCUT2D eigenvalue weighted by Gasteiger charge is 2.48. The van der Waals surface area contributed by atoms with Crippen LogP contribution in [0.2, 0.25) is 0 Å².